The molecule has 0 aliphatic heterocycles. The van der Waals surface area contributed by atoms with Gasteiger partial charge in [-0.2, -0.15) is 0 Å². The van der Waals surface area contributed by atoms with Crippen LogP contribution in [-0.2, 0) is 11.2 Å². The van der Waals surface area contributed by atoms with Crippen molar-refractivity contribution in [3.8, 4) is 11.1 Å². The van der Waals surface area contributed by atoms with Crippen molar-refractivity contribution >= 4 is 11.5 Å². The van der Waals surface area contributed by atoms with E-state index in [1.807, 2.05) is 13.0 Å². The topological polar surface area (TPSA) is 37.3 Å². The first-order valence-corrected chi connectivity index (χ1v) is 6.28. The van der Waals surface area contributed by atoms with Crippen LogP contribution in [0.4, 0.5) is 0 Å². The molecule has 2 nitrogen and oxygen atoms in total. The van der Waals surface area contributed by atoms with E-state index in [1.165, 1.54) is 28.3 Å². The van der Waals surface area contributed by atoms with Crippen LogP contribution in [0.1, 0.15) is 23.6 Å². The van der Waals surface area contributed by atoms with Crippen molar-refractivity contribution in [3.05, 3.63) is 65.2 Å². The number of aliphatic carboxylic acids is 1. The fourth-order valence-electron chi connectivity index (χ4n) is 2.66. The van der Waals surface area contributed by atoms with E-state index in [4.69, 9.17) is 5.11 Å². The first kappa shape index (κ1) is 11.7. The Labute approximate surface area is 112 Å². The third-order valence-electron chi connectivity index (χ3n) is 3.59. The molecule has 0 unspecified atom stereocenters. The summed E-state index contributed by atoms with van der Waals surface area (Å²) in [5, 5.41) is 8.80. The molecule has 19 heavy (non-hydrogen) atoms. The molecule has 0 fully saturated rings. The van der Waals surface area contributed by atoms with Gasteiger partial charge in [0.25, 0.3) is 0 Å². The van der Waals surface area contributed by atoms with Gasteiger partial charge in [0.1, 0.15) is 0 Å². The molecule has 0 saturated heterocycles. The maximum atomic E-state index is 10.7. The first-order chi connectivity index (χ1) is 9.15. The molecule has 0 spiro atoms. The van der Waals surface area contributed by atoms with Crippen molar-refractivity contribution in [2.24, 2.45) is 0 Å². The Morgan fingerprint density at radius 1 is 1.11 bits per heavy atom. The summed E-state index contributed by atoms with van der Waals surface area (Å²) in [6.45, 7) is 1.83. The maximum absolute atomic E-state index is 10.7. The van der Waals surface area contributed by atoms with Crippen LogP contribution in [0.5, 0.6) is 0 Å². The molecule has 0 heterocycles. The Morgan fingerprint density at radius 2 is 1.84 bits per heavy atom. The predicted molar refractivity (Wildman–Crippen MR) is 76.0 cm³/mol. The van der Waals surface area contributed by atoms with Crippen LogP contribution in [0.2, 0.25) is 0 Å². The molecule has 0 saturated carbocycles. The minimum atomic E-state index is -0.902. The van der Waals surface area contributed by atoms with Gasteiger partial charge < -0.3 is 5.11 Å². The number of rotatable bonds is 2. The molecular formula is C17H14O2. The molecule has 0 amide bonds. The highest BCUT2D eigenvalue weighted by Crippen LogP contribution is 2.37. The van der Waals surface area contributed by atoms with E-state index in [-0.39, 0.29) is 0 Å². The lowest BCUT2D eigenvalue weighted by atomic mass is 10.00. The number of fused-ring (bicyclic) bond motifs is 3. The van der Waals surface area contributed by atoms with Crippen LogP contribution in [0.15, 0.2) is 48.5 Å². The van der Waals surface area contributed by atoms with Gasteiger partial charge in [-0.1, -0.05) is 42.5 Å². The lowest BCUT2D eigenvalue weighted by molar-refractivity contribution is -0.131. The molecule has 3 rings (SSSR count). The van der Waals surface area contributed by atoms with E-state index in [9.17, 15) is 4.79 Å². The molecule has 1 aliphatic rings. The van der Waals surface area contributed by atoms with E-state index >= 15 is 0 Å². The van der Waals surface area contributed by atoms with Gasteiger partial charge in [0.15, 0.2) is 0 Å². The number of hydrogen-bond donors (Lipinski definition) is 1. The fourth-order valence-corrected chi connectivity index (χ4v) is 2.66. The molecular weight excluding hydrogens is 236 g/mol. The second-order valence-electron chi connectivity index (χ2n) is 4.87. The molecule has 2 heteroatoms. The van der Waals surface area contributed by atoms with Gasteiger partial charge in [-0.05, 0) is 46.7 Å². The highest BCUT2D eigenvalue weighted by molar-refractivity contribution is 5.90. The Kier molecular flexibility index (Phi) is 2.71. The smallest absolute Gasteiger partial charge is 0.328 e. The highest BCUT2D eigenvalue weighted by Gasteiger charge is 2.17. The van der Waals surface area contributed by atoms with Crippen LogP contribution in [0.3, 0.4) is 0 Å². The molecule has 94 valence electrons. The van der Waals surface area contributed by atoms with Gasteiger partial charge in [-0.15, -0.1) is 0 Å². The second kappa shape index (κ2) is 4.39. The van der Waals surface area contributed by atoms with E-state index in [0.717, 1.165) is 17.6 Å². The third kappa shape index (κ3) is 2.06. The van der Waals surface area contributed by atoms with E-state index in [1.54, 1.807) is 0 Å². The molecule has 2 aromatic carbocycles. The van der Waals surface area contributed by atoms with Crippen molar-refractivity contribution in [2.45, 2.75) is 13.3 Å². The van der Waals surface area contributed by atoms with E-state index in [2.05, 4.69) is 36.4 Å². The second-order valence-corrected chi connectivity index (χ2v) is 4.87. The van der Waals surface area contributed by atoms with Crippen LogP contribution >= 0.6 is 0 Å². The van der Waals surface area contributed by atoms with Gasteiger partial charge >= 0.3 is 5.97 Å². The number of carboxylic acids is 1. The predicted octanol–water partition coefficient (Wildman–Crippen LogP) is 3.75. The third-order valence-corrected chi connectivity index (χ3v) is 3.59. The monoisotopic (exact) mass is 250 g/mol. The van der Waals surface area contributed by atoms with Gasteiger partial charge in [0.2, 0.25) is 0 Å². The zero-order chi connectivity index (χ0) is 13.4. The number of hydrogen-bond acceptors (Lipinski definition) is 1. The van der Waals surface area contributed by atoms with E-state index < -0.39 is 5.97 Å². The fraction of sp³-hybridized carbons (Fsp3) is 0.118. The maximum Gasteiger partial charge on any atom is 0.328 e. The van der Waals surface area contributed by atoms with Crippen molar-refractivity contribution in [1.29, 1.82) is 0 Å². The van der Waals surface area contributed by atoms with Gasteiger partial charge in [-0.25, -0.2) is 4.79 Å². The SMILES string of the molecule is C/C(=C\C(=O)O)c1ccc2c(c1)Cc1ccccc1-2. The van der Waals surface area contributed by atoms with E-state index in [0.29, 0.717) is 0 Å². The molecule has 1 N–H and O–H groups in total. The summed E-state index contributed by atoms with van der Waals surface area (Å²) in [5.41, 5.74) is 6.94. The van der Waals surface area contributed by atoms with Crippen molar-refractivity contribution < 1.29 is 9.90 Å². The van der Waals surface area contributed by atoms with Crippen molar-refractivity contribution in [2.75, 3.05) is 0 Å². The summed E-state index contributed by atoms with van der Waals surface area (Å²) < 4.78 is 0. The first-order valence-electron chi connectivity index (χ1n) is 6.28. The lowest BCUT2D eigenvalue weighted by Crippen LogP contribution is -1.91. The van der Waals surface area contributed by atoms with Crippen LogP contribution in [0, 0.1) is 0 Å². The number of carboxylic acid groups (broad SMARTS) is 1. The summed E-state index contributed by atoms with van der Waals surface area (Å²) in [6.07, 6.45) is 2.18. The summed E-state index contributed by atoms with van der Waals surface area (Å²) in [7, 11) is 0. The van der Waals surface area contributed by atoms with Gasteiger partial charge in [0.05, 0.1) is 0 Å². The van der Waals surface area contributed by atoms with Crippen LogP contribution < -0.4 is 0 Å². The molecule has 0 aromatic heterocycles. The average Bonchev–Trinajstić information content (AvgIpc) is 2.75. The van der Waals surface area contributed by atoms with Crippen LogP contribution in [0.25, 0.3) is 16.7 Å². The average molecular weight is 250 g/mol. The quantitative estimate of drug-likeness (QED) is 0.703. The Hall–Kier alpha value is -2.35. The molecule has 0 bridgehead atoms. The zero-order valence-corrected chi connectivity index (χ0v) is 10.7. The number of allylic oxidation sites excluding steroid dienone is 1. The minimum Gasteiger partial charge on any atom is -0.478 e. The normalized spacial score (nSPS) is 13.0. The standard InChI is InChI=1S/C17H14O2/c1-11(8-17(18)19)12-6-7-16-14(9-12)10-13-4-2-3-5-15(13)16/h2-9H,10H2,1H3,(H,18,19)/b11-8+. The highest BCUT2D eigenvalue weighted by atomic mass is 16.4. The summed E-state index contributed by atoms with van der Waals surface area (Å²) in [6, 6.07) is 14.6. The zero-order valence-electron chi connectivity index (χ0n) is 10.7. The largest absolute Gasteiger partial charge is 0.478 e. The Balaban J connectivity index is 2.05. The molecule has 0 atom stereocenters. The number of carbonyl (C=O) groups is 1. The van der Waals surface area contributed by atoms with Crippen molar-refractivity contribution in [3.63, 3.8) is 0 Å². The molecule has 0 radical (unpaired) electrons. The Bertz CT molecular complexity index is 696. The van der Waals surface area contributed by atoms with Crippen LogP contribution in [-0.4, -0.2) is 11.1 Å². The number of benzene rings is 2. The summed E-state index contributed by atoms with van der Waals surface area (Å²) in [4.78, 5) is 10.7. The summed E-state index contributed by atoms with van der Waals surface area (Å²) in [5.74, 6) is -0.902. The molecule has 2 aromatic rings. The van der Waals surface area contributed by atoms with Crippen molar-refractivity contribution in [1.82, 2.24) is 0 Å². The summed E-state index contributed by atoms with van der Waals surface area (Å²) >= 11 is 0. The van der Waals surface area contributed by atoms with Gasteiger partial charge in [0, 0.05) is 6.08 Å². The van der Waals surface area contributed by atoms with Gasteiger partial charge in [-0.3, -0.25) is 0 Å². The minimum absolute atomic E-state index is 0.784. The Morgan fingerprint density at radius 3 is 2.63 bits per heavy atom. The molecule has 1 aliphatic carbocycles. The lowest BCUT2D eigenvalue weighted by Gasteiger charge is -2.05.